The minimum atomic E-state index is -1.08. The Labute approximate surface area is 800 Å². The number of alkyl carbamates (subject to hydrolysis) is 1. The maximum absolute atomic E-state index is 14.5. The molecule has 3 rings (SSSR count). The van der Waals surface area contributed by atoms with Gasteiger partial charge in [-0.15, -0.1) is 0 Å². The Morgan fingerprint density at radius 3 is 1.49 bits per heavy atom. The second kappa shape index (κ2) is 74.5. The number of pyridine rings is 1. The molecule has 0 saturated carbocycles. The average Bonchev–Trinajstić information content (AvgIpc) is 1.33. The van der Waals surface area contributed by atoms with Gasteiger partial charge in [0, 0.05) is 107 Å². The highest BCUT2D eigenvalue weighted by Crippen LogP contribution is 2.32. The second-order valence-corrected chi connectivity index (χ2v) is 35.2. The molecule has 0 radical (unpaired) electrons. The smallest absolute Gasteiger partial charge is 0.407 e. The minimum Gasteiger partial charge on any atom is -0.481 e. The van der Waals surface area contributed by atoms with Crippen LogP contribution in [0.25, 0.3) is 0 Å². The Hall–Kier alpha value is -7.60. The van der Waals surface area contributed by atoms with E-state index < -0.39 is 134 Å². The summed E-state index contributed by atoms with van der Waals surface area (Å²) in [7, 11) is 17.3. The number of methoxy groups -OCH3 is 6. The van der Waals surface area contributed by atoms with Crippen LogP contribution in [-0.2, 0) is 114 Å². The van der Waals surface area contributed by atoms with E-state index >= 15 is 0 Å². The van der Waals surface area contributed by atoms with Crippen LogP contribution in [0.3, 0.4) is 0 Å². The van der Waals surface area contributed by atoms with E-state index in [9.17, 15) is 57.8 Å². The number of carbonyl (C=O) groups is 11. The first-order valence-electron chi connectivity index (χ1n) is 45.9. The molecule has 772 valence electrons. The number of ether oxygens (including phenoxy) is 14. The fraction of sp³-hybridized carbons (Fsp3) is 0.761. The number of likely N-dealkylation sites (N-methyl/N-ethyl adjacent to an activating group) is 2. The van der Waals surface area contributed by atoms with Crippen LogP contribution >= 0.6 is 21.6 Å². The van der Waals surface area contributed by atoms with Gasteiger partial charge in [0.05, 0.1) is 113 Å². The van der Waals surface area contributed by atoms with Crippen LogP contribution < -0.4 is 26.6 Å². The zero-order valence-corrected chi connectivity index (χ0v) is 84.5. The Bertz CT molecular complexity index is 3510. The third-order valence-corrected chi connectivity index (χ3v) is 23.9. The molecule has 10 unspecified atom stereocenters. The van der Waals surface area contributed by atoms with Crippen molar-refractivity contribution in [1.82, 2.24) is 46.3 Å². The van der Waals surface area contributed by atoms with E-state index in [2.05, 4.69) is 31.6 Å². The van der Waals surface area contributed by atoms with E-state index in [1.165, 1.54) is 49.6 Å². The Morgan fingerprint density at radius 2 is 1.05 bits per heavy atom. The number of amides is 7. The van der Waals surface area contributed by atoms with Gasteiger partial charge in [0.25, 0.3) is 0 Å². The van der Waals surface area contributed by atoms with Crippen LogP contribution in [0.1, 0.15) is 198 Å². The summed E-state index contributed by atoms with van der Waals surface area (Å²) in [6.07, 6.45) is -0.783. The summed E-state index contributed by atoms with van der Waals surface area (Å²) in [4.78, 5) is 150. The molecule has 1 aliphatic rings. The van der Waals surface area contributed by atoms with Gasteiger partial charge in [-0.2, -0.15) is 0 Å². The van der Waals surface area contributed by atoms with E-state index in [0.29, 0.717) is 70.0 Å². The van der Waals surface area contributed by atoms with E-state index in [1.54, 1.807) is 82.7 Å². The predicted octanol–water partition coefficient (Wildman–Crippen LogP) is 6.50. The highest BCUT2D eigenvalue weighted by molar-refractivity contribution is 8.76. The number of benzene rings is 1. The third kappa shape index (κ3) is 51.7. The number of hydrogen-bond acceptors (Lipinski definition) is 34. The first-order chi connectivity index (χ1) is 63.8. The van der Waals surface area contributed by atoms with Gasteiger partial charge in [0.15, 0.2) is 25.2 Å². The number of rotatable bonds is 66. The zero-order chi connectivity index (χ0) is 101. The van der Waals surface area contributed by atoms with Crippen LogP contribution in [0.2, 0.25) is 0 Å². The monoisotopic (exact) mass is 1950 g/mol. The summed E-state index contributed by atoms with van der Waals surface area (Å²) in [5, 5.41) is 67.9. The van der Waals surface area contributed by atoms with Crippen LogP contribution in [0.4, 0.5) is 4.79 Å². The van der Waals surface area contributed by atoms with Gasteiger partial charge in [-0.3, -0.25) is 48.1 Å². The molecular formula is C92H161N9O31S2. The van der Waals surface area contributed by atoms with Crippen LogP contribution in [-0.4, -0.2) is 356 Å². The van der Waals surface area contributed by atoms with Crippen molar-refractivity contribution in [2.24, 2.45) is 23.7 Å². The number of nitrogens with zero attached hydrogens (tertiary/aromatic N) is 4. The Balaban J connectivity index is 0.00000240. The molecule has 134 heavy (non-hydrogen) atoms. The summed E-state index contributed by atoms with van der Waals surface area (Å²) in [5.74, 6) is -4.71. The number of nitrogens with one attached hydrogen (secondary N) is 5. The van der Waals surface area contributed by atoms with Gasteiger partial charge in [-0.1, -0.05) is 130 Å². The highest BCUT2D eigenvalue weighted by Gasteiger charge is 2.44. The molecule has 19 atom stereocenters. The molecule has 1 aromatic carbocycles. The summed E-state index contributed by atoms with van der Waals surface area (Å²) < 4.78 is 74.6. The van der Waals surface area contributed by atoms with E-state index in [0.717, 1.165) is 10.8 Å². The number of carboxylic acids is 1. The molecular weight excluding hydrogens is 1790 g/mol. The molecule has 0 spiro atoms. The SMILES string of the molecule is CCC(CO)OC(CO)OC.CCC(CO)OC(COC(=O)CCCC(=O)NCCSSc1ccccn1)OC.CCC(CO)OC(COC(=O)CCCC(=O)N[C@H](C)C(=O)OC(c1ccccc1)[C@@H](C)NC(=O)[C@H](C)[C@@H](OC)[C@@H]1CCCN1C(=O)C[C@@H](OC)[C@H]([C@@H](C)CC)N(C)C(=O)C(NC(=O)[C@H](C(C)C)N(C)C)C(C)C)OC.CCC(CO)OC(COC(=O)NCCC(=O)O)OC. The largest absolute Gasteiger partial charge is 0.481 e. The molecule has 1 saturated heterocycles. The van der Waals surface area contributed by atoms with Crippen molar-refractivity contribution in [3.8, 4) is 0 Å². The maximum Gasteiger partial charge on any atom is 0.407 e. The van der Waals surface area contributed by atoms with E-state index in [-0.39, 0.29) is 164 Å². The van der Waals surface area contributed by atoms with Crippen molar-refractivity contribution >= 4 is 87.0 Å². The molecule has 42 heteroatoms. The van der Waals surface area contributed by atoms with E-state index in [1.807, 2.05) is 112 Å². The maximum atomic E-state index is 14.5. The lowest BCUT2D eigenvalue weighted by Crippen LogP contribution is -2.59. The first-order valence-corrected chi connectivity index (χ1v) is 48.3. The van der Waals surface area contributed by atoms with Crippen molar-refractivity contribution in [3.05, 3.63) is 60.3 Å². The van der Waals surface area contributed by atoms with Gasteiger partial charge < -0.3 is 133 Å². The zero-order valence-electron chi connectivity index (χ0n) is 82.9. The standard InChI is InChI=1S/C55H94N6O14.C19H30N2O6S2.C11H21NO7.C7H16O4/c1-17-35(7)49(60(13)54(68)47(33(3)4)58-53(67)48(34(5)6)59(11)12)42(70-14)30-44(64)61-29-23-26-41(61)50(72-16)36(8)52(66)57-37(9)51(39-24-20-19-21-25-39)75-55(69)38(10)56-43(63)27-22-28-45(65)73-32-46(71-15)74-40(18-2)31-62;1-3-15(13-22)27-19(25-2)14-26-18(24)9-6-7-16(23)20-11-12-28-29-17-8-4-5-10-21-17;1-3-8(6-13)19-10(17-2)7-18-11(16)12-5-4-9(14)15;1-3-6(4-8)11-7(5-9)10-2/h19-21,24-25,33-38,40-42,46-51,62H,17-18,22-23,26-32H2,1-16H3,(H,56,63)(H,57,66)(H,58,67);4-5,8,10,15,19,22H,3,6-7,9,11-14H2,1-2H3,(H,20,23);8,10,13H,3-7H2,1-2H3,(H,12,16)(H,14,15);6-9H,3-5H2,1-2H3/t35-,36+,37+,38+,40?,41-,42+,46?,47?,48-,49-,50+,51?;;;/m0.../s1. The number of aromatic nitrogens is 1. The lowest BCUT2D eigenvalue weighted by Gasteiger charge is -2.41. The minimum absolute atomic E-state index is 0.00958. The molecule has 0 aliphatic carbocycles. The molecule has 11 N–H and O–H groups in total. The fourth-order valence-corrected chi connectivity index (χ4v) is 15.5. The average molecular weight is 1950 g/mol. The van der Waals surface area contributed by atoms with Gasteiger partial charge in [-0.25, -0.2) is 14.6 Å². The molecule has 7 amide bonds. The van der Waals surface area contributed by atoms with Gasteiger partial charge in [-0.05, 0) is 126 Å². The van der Waals surface area contributed by atoms with Crippen molar-refractivity contribution in [3.63, 3.8) is 0 Å². The quantitative estimate of drug-likeness (QED) is 0.0111. The molecule has 40 nitrogen and oxygen atoms in total. The second-order valence-electron chi connectivity index (χ2n) is 32.7. The lowest BCUT2D eigenvalue weighted by molar-refractivity contribution is -0.194. The van der Waals surface area contributed by atoms with E-state index in [4.69, 9.17) is 91.8 Å². The van der Waals surface area contributed by atoms with Crippen LogP contribution in [0.15, 0.2) is 59.8 Å². The number of likely N-dealkylation sites (tertiary alicyclic amines) is 1. The van der Waals surface area contributed by atoms with Gasteiger partial charge in [0.2, 0.25) is 35.4 Å². The number of carbonyl (C=O) groups excluding carboxylic acids is 10. The van der Waals surface area contributed by atoms with Crippen molar-refractivity contribution in [2.75, 3.05) is 142 Å². The number of aliphatic hydroxyl groups excluding tert-OH is 5. The van der Waals surface area contributed by atoms with Crippen molar-refractivity contribution < 1.29 is 150 Å². The van der Waals surface area contributed by atoms with Gasteiger partial charge in [0.1, 0.15) is 43.0 Å². The number of aliphatic carboxylic acids is 1. The number of carboxylic acid groups (broad SMARTS) is 1. The van der Waals surface area contributed by atoms with Crippen molar-refractivity contribution in [1.29, 1.82) is 0 Å². The number of esters is 3. The number of aliphatic hydroxyl groups is 5. The van der Waals surface area contributed by atoms with Gasteiger partial charge >= 0.3 is 30.0 Å². The first kappa shape index (κ1) is 126. The summed E-state index contributed by atoms with van der Waals surface area (Å²) in [5.41, 5.74) is 0.603. The van der Waals surface area contributed by atoms with Crippen LogP contribution in [0.5, 0.6) is 0 Å². The molecule has 2 heterocycles. The van der Waals surface area contributed by atoms with Crippen molar-refractivity contribution in [2.45, 2.75) is 295 Å². The highest BCUT2D eigenvalue weighted by atomic mass is 33.1. The molecule has 1 aliphatic heterocycles. The lowest BCUT2D eigenvalue weighted by atomic mass is 9.89. The fourth-order valence-electron chi connectivity index (χ4n) is 13.7. The Morgan fingerprint density at radius 1 is 0.545 bits per heavy atom. The summed E-state index contributed by atoms with van der Waals surface area (Å²) >= 11 is 0. The normalized spacial score (nSPS) is 16.5. The van der Waals surface area contributed by atoms with Crippen LogP contribution in [0, 0.1) is 23.7 Å². The summed E-state index contributed by atoms with van der Waals surface area (Å²) in [6.45, 7) is 24.0. The number of hydrogen-bond donors (Lipinski definition) is 11. The summed E-state index contributed by atoms with van der Waals surface area (Å²) in [6, 6.07) is 10.6. The molecule has 1 aromatic heterocycles. The third-order valence-electron chi connectivity index (χ3n) is 21.7. The molecule has 2 aromatic rings. The Kier molecular flexibility index (Phi) is 70.3. The molecule has 1 fully saturated rings. The predicted molar refractivity (Wildman–Crippen MR) is 502 cm³/mol. The molecule has 0 bridgehead atoms. The topological polar surface area (TPSA) is 521 Å².